The molecule has 0 atom stereocenters. The molecule has 1 aliphatic rings. The van der Waals surface area contributed by atoms with Crippen LogP contribution in [0, 0.1) is 17.2 Å². The molecule has 1 amide bonds. The number of carbonyl (C=O) groups is 1. The van der Waals surface area contributed by atoms with Gasteiger partial charge in [-0.25, -0.2) is 0 Å². The average molecular weight is 307 g/mol. The van der Waals surface area contributed by atoms with Crippen LogP contribution in [0.5, 0.6) is 0 Å². The highest BCUT2D eigenvalue weighted by Gasteiger charge is 2.24. The van der Waals surface area contributed by atoms with Crippen LogP contribution < -0.4 is 10.6 Å². The standard InChI is InChI=1S/C17H17N5O/c18-10-12-3-1-6-14(9-12)15-7-8-16(22-21-15)19-11-20-17(23)13-4-2-5-13/h1,3,6-9,13H,2,4-5,11H2,(H,19,22)(H,20,23). The number of carbonyl (C=O) groups excluding carboxylic acids is 1. The molecule has 0 radical (unpaired) electrons. The summed E-state index contributed by atoms with van der Waals surface area (Å²) in [4.78, 5) is 11.7. The molecule has 0 aliphatic heterocycles. The summed E-state index contributed by atoms with van der Waals surface area (Å²) in [6.07, 6.45) is 3.12. The van der Waals surface area contributed by atoms with E-state index in [1.54, 1.807) is 18.2 Å². The van der Waals surface area contributed by atoms with E-state index in [0.717, 1.165) is 24.8 Å². The van der Waals surface area contributed by atoms with Crippen LogP contribution in [0.15, 0.2) is 36.4 Å². The first-order chi connectivity index (χ1) is 11.3. The zero-order valence-electron chi connectivity index (χ0n) is 12.6. The number of benzene rings is 1. The van der Waals surface area contributed by atoms with Crippen molar-refractivity contribution in [1.82, 2.24) is 15.5 Å². The van der Waals surface area contributed by atoms with Gasteiger partial charge in [0.1, 0.15) is 5.82 Å². The molecule has 1 aromatic heterocycles. The lowest BCUT2D eigenvalue weighted by Gasteiger charge is -2.24. The van der Waals surface area contributed by atoms with Gasteiger partial charge in [0.15, 0.2) is 0 Å². The molecule has 1 fully saturated rings. The lowest BCUT2D eigenvalue weighted by Crippen LogP contribution is -2.37. The van der Waals surface area contributed by atoms with Crippen LogP contribution in [0.2, 0.25) is 0 Å². The molecule has 1 aliphatic carbocycles. The molecule has 6 heteroatoms. The summed E-state index contributed by atoms with van der Waals surface area (Å²) in [6, 6.07) is 13.0. The number of nitrogens with one attached hydrogen (secondary N) is 2. The summed E-state index contributed by atoms with van der Waals surface area (Å²) in [7, 11) is 0. The first-order valence-corrected chi connectivity index (χ1v) is 7.62. The van der Waals surface area contributed by atoms with Crippen LogP contribution in [-0.4, -0.2) is 22.8 Å². The summed E-state index contributed by atoms with van der Waals surface area (Å²) in [5.41, 5.74) is 2.14. The third-order valence-electron chi connectivity index (χ3n) is 3.96. The van der Waals surface area contributed by atoms with Crippen molar-refractivity contribution in [2.24, 2.45) is 5.92 Å². The maximum Gasteiger partial charge on any atom is 0.224 e. The minimum Gasteiger partial charge on any atom is -0.351 e. The van der Waals surface area contributed by atoms with Gasteiger partial charge in [-0.05, 0) is 37.1 Å². The Labute approximate surface area is 134 Å². The van der Waals surface area contributed by atoms with E-state index < -0.39 is 0 Å². The third kappa shape index (κ3) is 3.64. The second kappa shape index (κ2) is 6.88. The Balaban J connectivity index is 1.56. The van der Waals surface area contributed by atoms with Gasteiger partial charge in [0.2, 0.25) is 5.91 Å². The molecule has 1 heterocycles. The second-order valence-electron chi connectivity index (χ2n) is 5.52. The summed E-state index contributed by atoms with van der Waals surface area (Å²) < 4.78 is 0. The first-order valence-electron chi connectivity index (χ1n) is 7.62. The normalized spacial score (nSPS) is 13.7. The van der Waals surface area contributed by atoms with Crippen LogP contribution in [0.3, 0.4) is 0 Å². The number of aromatic nitrogens is 2. The molecule has 0 bridgehead atoms. The van der Waals surface area contributed by atoms with Gasteiger partial charge in [-0.1, -0.05) is 18.6 Å². The molecule has 0 spiro atoms. The first kappa shape index (κ1) is 15.0. The van der Waals surface area contributed by atoms with Gasteiger partial charge in [0.05, 0.1) is 24.0 Å². The highest BCUT2D eigenvalue weighted by Crippen LogP contribution is 2.26. The molecular formula is C17H17N5O. The largest absolute Gasteiger partial charge is 0.351 e. The molecule has 1 saturated carbocycles. The van der Waals surface area contributed by atoms with Gasteiger partial charge in [-0.3, -0.25) is 4.79 Å². The lowest BCUT2D eigenvalue weighted by atomic mass is 9.85. The zero-order chi connectivity index (χ0) is 16.1. The number of hydrogen-bond acceptors (Lipinski definition) is 5. The highest BCUT2D eigenvalue weighted by molar-refractivity contribution is 5.79. The maximum atomic E-state index is 11.7. The molecule has 2 aromatic rings. The Kier molecular flexibility index (Phi) is 4.48. The fraction of sp³-hybridized carbons (Fsp3) is 0.294. The maximum absolute atomic E-state index is 11.7. The predicted octanol–water partition coefficient (Wildman–Crippen LogP) is 2.30. The Morgan fingerprint density at radius 1 is 1.26 bits per heavy atom. The Morgan fingerprint density at radius 3 is 2.78 bits per heavy atom. The van der Waals surface area contributed by atoms with E-state index >= 15 is 0 Å². The number of rotatable bonds is 5. The zero-order valence-corrected chi connectivity index (χ0v) is 12.6. The van der Waals surface area contributed by atoms with Gasteiger partial charge in [-0.2, -0.15) is 5.26 Å². The number of amides is 1. The molecule has 116 valence electrons. The van der Waals surface area contributed by atoms with E-state index in [9.17, 15) is 4.79 Å². The van der Waals surface area contributed by atoms with E-state index in [-0.39, 0.29) is 11.8 Å². The number of nitrogens with zero attached hydrogens (tertiary/aromatic N) is 3. The van der Waals surface area contributed by atoms with E-state index in [2.05, 4.69) is 26.9 Å². The number of nitriles is 1. The average Bonchev–Trinajstić information content (AvgIpc) is 2.54. The summed E-state index contributed by atoms with van der Waals surface area (Å²) >= 11 is 0. The van der Waals surface area contributed by atoms with E-state index in [1.807, 2.05) is 18.2 Å². The SMILES string of the molecule is N#Cc1cccc(-c2ccc(NCNC(=O)C3CCC3)nn2)c1. The van der Waals surface area contributed by atoms with Crippen molar-refractivity contribution in [3.8, 4) is 17.3 Å². The minimum atomic E-state index is 0.0987. The molecular weight excluding hydrogens is 290 g/mol. The quantitative estimate of drug-likeness (QED) is 0.827. The Morgan fingerprint density at radius 2 is 2.13 bits per heavy atom. The Hall–Kier alpha value is -2.94. The van der Waals surface area contributed by atoms with E-state index in [1.165, 1.54) is 0 Å². The van der Waals surface area contributed by atoms with Crippen molar-refractivity contribution < 1.29 is 4.79 Å². The van der Waals surface area contributed by atoms with Crippen molar-refractivity contribution in [1.29, 1.82) is 5.26 Å². The van der Waals surface area contributed by atoms with Crippen molar-refractivity contribution in [3.63, 3.8) is 0 Å². The molecule has 6 nitrogen and oxygen atoms in total. The lowest BCUT2D eigenvalue weighted by molar-refractivity contribution is -0.127. The number of anilines is 1. The fourth-order valence-electron chi connectivity index (χ4n) is 2.37. The van der Waals surface area contributed by atoms with E-state index in [4.69, 9.17) is 5.26 Å². The predicted molar refractivity (Wildman–Crippen MR) is 86.2 cm³/mol. The molecule has 1 aromatic carbocycles. The van der Waals surface area contributed by atoms with Crippen molar-refractivity contribution >= 4 is 11.7 Å². The van der Waals surface area contributed by atoms with Crippen LogP contribution >= 0.6 is 0 Å². The van der Waals surface area contributed by atoms with Gasteiger partial charge in [-0.15, -0.1) is 10.2 Å². The third-order valence-corrected chi connectivity index (χ3v) is 3.96. The van der Waals surface area contributed by atoms with Crippen LogP contribution in [-0.2, 0) is 4.79 Å². The number of hydrogen-bond donors (Lipinski definition) is 2. The molecule has 0 saturated heterocycles. The molecule has 0 unspecified atom stereocenters. The second-order valence-corrected chi connectivity index (χ2v) is 5.52. The van der Waals surface area contributed by atoms with Gasteiger partial charge in [0, 0.05) is 11.5 Å². The van der Waals surface area contributed by atoms with Gasteiger partial charge in [0.25, 0.3) is 0 Å². The summed E-state index contributed by atoms with van der Waals surface area (Å²) in [5.74, 6) is 0.874. The Bertz CT molecular complexity index is 731. The van der Waals surface area contributed by atoms with Crippen LogP contribution in [0.4, 0.5) is 5.82 Å². The van der Waals surface area contributed by atoms with E-state index in [0.29, 0.717) is 23.7 Å². The van der Waals surface area contributed by atoms with Crippen molar-refractivity contribution in [2.75, 3.05) is 12.0 Å². The van der Waals surface area contributed by atoms with Gasteiger partial charge < -0.3 is 10.6 Å². The monoisotopic (exact) mass is 307 g/mol. The summed E-state index contributed by atoms with van der Waals surface area (Å²) in [6.45, 7) is 0.341. The minimum absolute atomic E-state index is 0.0987. The van der Waals surface area contributed by atoms with Crippen molar-refractivity contribution in [3.05, 3.63) is 42.0 Å². The fourth-order valence-corrected chi connectivity index (χ4v) is 2.37. The highest BCUT2D eigenvalue weighted by atomic mass is 16.2. The molecule has 3 rings (SSSR count). The van der Waals surface area contributed by atoms with Crippen LogP contribution in [0.1, 0.15) is 24.8 Å². The molecule has 23 heavy (non-hydrogen) atoms. The van der Waals surface area contributed by atoms with Crippen molar-refractivity contribution in [2.45, 2.75) is 19.3 Å². The topological polar surface area (TPSA) is 90.7 Å². The molecule has 2 N–H and O–H groups in total. The summed E-state index contributed by atoms with van der Waals surface area (Å²) in [5, 5.41) is 23.0. The van der Waals surface area contributed by atoms with Gasteiger partial charge >= 0.3 is 0 Å². The van der Waals surface area contributed by atoms with Crippen LogP contribution in [0.25, 0.3) is 11.3 Å². The smallest absolute Gasteiger partial charge is 0.224 e.